The topological polar surface area (TPSA) is 84.5 Å². The van der Waals surface area contributed by atoms with Gasteiger partial charge in [0.15, 0.2) is 0 Å². The quantitative estimate of drug-likeness (QED) is 0.725. The van der Waals surface area contributed by atoms with Gasteiger partial charge in [-0.3, -0.25) is 4.79 Å². The second kappa shape index (κ2) is 9.01. The molecule has 1 atom stereocenters. The van der Waals surface area contributed by atoms with E-state index < -0.39 is 22.0 Å². The lowest BCUT2D eigenvalue weighted by atomic mass is 10.0. The number of carbonyl (C=O) groups excluding carboxylic acids is 1. The fourth-order valence-electron chi connectivity index (χ4n) is 2.74. The molecule has 0 spiro atoms. The SMILES string of the molecule is CCc1cccc(CC)c1NC(=O)[C@H](C)NS(=O)(=O)c1ccc(OC)cc1. The molecule has 146 valence electrons. The summed E-state index contributed by atoms with van der Waals surface area (Å²) in [4.78, 5) is 12.7. The Morgan fingerprint density at radius 3 is 2.07 bits per heavy atom. The zero-order valence-corrected chi connectivity index (χ0v) is 16.9. The van der Waals surface area contributed by atoms with Gasteiger partial charge in [0.05, 0.1) is 18.0 Å². The monoisotopic (exact) mass is 390 g/mol. The first-order valence-corrected chi connectivity index (χ1v) is 10.4. The van der Waals surface area contributed by atoms with Crippen molar-refractivity contribution in [1.82, 2.24) is 4.72 Å². The van der Waals surface area contributed by atoms with Gasteiger partial charge in [0.1, 0.15) is 5.75 Å². The number of hydrogen-bond acceptors (Lipinski definition) is 4. The number of sulfonamides is 1. The third-order valence-corrected chi connectivity index (χ3v) is 5.90. The van der Waals surface area contributed by atoms with Crippen molar-refractivity contribution in [2.75, 3.05) is 12.4 Å². The van der Waals surface area contributed by atoms with Crippen LogP contribution < -0.4 is 14.8 Å². The van der Waals surface area contributed by atoms with E-state index in [1.807, 2.05) is 32.0 Å². The maximum absolute atomic E-state index is 12.6. The third kappa shape index (κ3) is 5.08. The summed E-state index contributed by atoms with van der Waals surface area (Å²) in [6, 6.07) is 11.0. The molecule has 2 rings (SSSR count). The average molecular weight is 391 g/mol. The minimum atomic E-state index is -3.82. The van der Waals surface area contributed by atoms with E-state index in [-0.39, 0.29) is 4.90 Å². The predicted octanol–water partition coefficient (Wildman–Crippen LogP) is 3.13. The van der Waals surface area contributed by atoms with Crippen LogP contribution in [0.25, 0.3) is 0 Å². The van der Waals surface area contributed by atoms with Crippen LogP contribution in [0.3, 0.4) is 0 Å². The van der Waals surface area contributed by atoms with Crippen LogP contribution in [0, 0.1) is 0 Å². The molecule has 1 amide bonds. The van der Waals surface area contributed by atoms with Gasteiger partial charge >= 0.3 is 0 Å². The summed E-state index contributed by atoms with van der Waals surface area (Å²) in [6.45, 7) is 5.55. The Labute approximate surface area is 161 Å². The lowest BCUT2D eigenvalue weighted by Crippen LogP contribution is -2.41. The molecular weight excluding hydrogens is 364 g/mol. The van der Waals surface area contributed by atoms with Crippen molar-refractivity contribution >= 4 is 21.6 Å². The largest absolute Gasteiger partial charge is 0.497 e. The normalized spacial score (nSPS) is 12.4. The van der Waals surface area contributed by atoms with Gasteiger partial charge in [-0.15, -0.1) is 0 Å². The smallest absolute Gasteiger partial charge is 0.242 e. The first-order chi connectivity index (χ1) is 12.8. The Bertz CT molecular complexity index is 870. The van der Waals surface area contributed by atoms with Crippen molar-refractivity contribution in [2.24, 2.45) is 0 Å². The number of carbonyl (C=O) groups is 1. The number of aryl methyl sites for hydroxylation is 2. The van der Waals surface area contributed by atoms with Gasteiger partial charge in [0, 0.05) is 5.69 Å². The number of amides is 1. The van der Waals surface area contributed by atoms with Gasteiger partial charge in [0.2, 0.25) is 15.9 Å². The maximum atomic E-state index is 12.6. The molecule has 0 radical (unpaired) electrons. The molecule has 2 N–H and O–H groups in total. The molecule has 6 nitrogen and oxygen atoms in total. The van der Waals surface area contributed by atoms with Crippen LogP contribution in [-0.4, -0.2) is 27.5 Å². The van der Waals surface area contributed by atoms with Crippen molar-refractivity contribution < 1.29 is 17.9 Å². The number of rotatable bonds is 8. The van der Waals surface area contributed by atoms with Crippen LogP contribution in [0.1, 0.15) is 31.9 Å². The Morgan fingerprint density at radius 1 is 1.04 bits per heavy atom. The molecule has 0 saturated carbocycles. The first-order valence-electron chi connectivity index (χ1n) is 8.90. The summed E-state index contributed by atoms with van der Waals surface area (Å²) in [6.07, 6.45) is 1.55. The van der Waals surface area contributed by atoms with E-state index in [0.717, 1.165) is 29.7 Å². The van der Waals surface area contributed by atoms with Crippen molar-refractivity contribution in [1.29, 1.82) is 0 Å². The second-order valence-corrected chi connectivity index (χ2v) is 7.88. The van der Waals surface area contributed by atoms with Gasteiger partial charge in [-0.1, -0.05) is 32.0 Å². The van der Waals surface area contributed by atoms with Gasteiger partial charge in [-0.2, -0.15) is 4.72 Å². The molecule has 0 aliphatic heterocycles. The second-order valence-electron chi connectivity index (χ2n) is 6.17. The van der Waals surface area contributed by atoms with Crippen molar-refractivity contribution in [3.8, 4) is 5.75 Å². The highest BCUT2D eigenvalue weighted by Gasteiger charge is 2.23. The fraction of sp³-hybridized carbons (Fsp3) is 0.350. The molecule has 0 saturated heterocycles. The minimum Gasteiger partial charge on any atom is -0.497 e. The van der Waals surface area contributed by atoms with E-state index in [4.69, 9.17) is 4.74 Å². The van der Waals surface area contributed by atoms with Crippen LogP contribution in [0.4, 0.5) is 5.69 Å². The highest BCUT2D eigenvalue weighted by Crippen LogP contribution is 2.23. The molecule has 0 bridgehead atoms. The summed E-state index contributed by atoms with van der Waals surface area (Å²) < 4.78 is 32.5. The summed E-state index contributed by atoms with van der Waals surface area (Å²) in [5, 5.41) is 2.89. The summed E-state index contributed by atoms with van der Waals surface area (Å²) in [7, 11) is -2.31. The molecule has 0 aliphatic rings. The lowest BCUT2D eigenvalue weighted by molar-refractivity contribution is -0.117. The molecule has 0 aromatic heterocycles. The van der Waals surface area contributed by atoms with E-state index in [0.29, 0.717) is 5.75 Å². The standard InChI is InChI=1S/C20H26N2O4S/c1-5-15-8-7-9-16(6-2)19(15)21-20(23)14(3)22-27(24,25)18-12-10-17(26-4)11-13-18/h7-14,22H,5-6H2,1-4H3,(H,21,23)/t14-/m0/s1. The number of benzene rings is 2. The van der Waals surface area contributed by atoms with Gasteiger partial charge in [0.25, 0.3) is 0 Å². The number of hydrogen-bond donors (Lipinski definition) is 2. The number of para-hydroxylation sites is 1. The number of ether oxygens (including phenoxy) is 1. The summed E-state index contributed by atoms with van der Waals surface area (Å²) in [5.41, 5.74) is 2.81. The van der Waals surface area contributed by atoms with Gasteiger partial charge < -0.3 is 10.1 Å². The van der Waals surface area contributed by atoms with Crippen molar-refractivity contribution in [3.05, 3.63) is 53.6 Å². The first kappa shape index (κ1) is 20.9. The Morgan fingerprint density at radius 2 is 1.59 bits per heavy atom. The molecule has 2 aromatic carbocycles. The maximum Gasteiger partial charge on any atom is 0.242 e. The molecule has 0 unspecified atom stereocenters. The molecular formula is C20H26N2O4S. The Hall–Kier alpha value is -2.38. The van der Waals surface area contributed by atoms with E-state index in [1.165, 1.54) is 26.2 Å². The van der Waals surface area contributed by atoms with Gasteiger partial charge in [-0.05, 0) is 55.2 Å². The molecule has 0 fully saturated rings. The highest BCUT2D eigenvalue weighted by atomic mass is 32.2. The lowest BCUT2D eigenvalue weighted by Gasteiger charge is -2.18. The van der Waals surface area contributed by atoms with E-state index >= 15 is 0 Å². The number of nitrogens with one attached hydrogen (secondary N) is 2. The molecule has 2 aromatic rings. The van der Waals surface area contributed by atoms with Crippen LogP contribution >= 0.6 is 0 Å². The van der Waals surface area contributed by atoms with Crippen LogP contribution in [0.5, 0.6) is 5.75 Å². The van der Waals surface area contributed by atoms with Crippen LogP contribution in [-0.2, 0) is 27.7 Å². The average Bonchev–Trinajstić information content (AvgIpc) is 2.67. The summed E-state index contributed by atoms with van der Waals surface area (Å²) >= 11 is 0. The third-order valence-electron chi connectivity index (χ3n) is 4.34. The molecule has 0 aliphatic carbocycles. The zero-order valence-electron chi connectivity index (χ0n) is 16.1. The van der Waals surface area contributed by atoms with E-state index in [1.54, 1.807) is 12.1 Å². The number of methoxy groups -OCH3 is 1. The fourth-order valence-corrected chi connectivity index (χ4v) is 3.95. The Kier molecular flexibility index (Phi) is 6.98. The predicted molar refractivity (Wildman–Crippen MR) is 107 cm³/mol. The summed E-state index contributed by atoms with van der Waals surface area (Å²) in [5.74, 6) is 0.158. The van der Waals surface area contributed by atoms with Crippen LogP contribution in [0.2, 0.25) is 0 Å². The van der Waals surface area contributed by atoms with E-state index in [9.17, 15) is 13.2 Å². The zero-order chi connectivity index (χ0) is 20.0. The van der Waals surface area contributed by atoms with Crippen molar-refractivity contribution in [3.63, 3.8) is 0 Å². The molecule has 7 heteroatoms. The van der Waals surface area contributed by atoms with Crippen molar-refractivity contribution in [2.45, 2.75) is 44.6 Å². The highest BCUT2D eigenvalue weighted by molar-refractivity contribution is 7.89. The Balaban J connectivity index is 2.16. The van der Waals surface area contributed by atoms with Gasteiger partial charge in [-0.25, -0.2) is 8.42 Å². The van der Waals surface area contributed by atoms with E-state index in [2.05, 4.69) is 10.0 Å². The molecule has 27 heavy (non-hydrogen) atoms. The minimum absolute atomic E-state index is 0.0751. The van der Waals surface area contributed by atoms with Crippen LogP contribution in [0.15, 0.2) is 47.4 Å². The molecule has 0 heterocycles. The number of anilines is 1.